The minimum absolute atomic E-state index is 0. The van der Waals surface area contributed by atoms with Gasteiger partial charge >= 0.3 is 26.2 Å². The van der Waals surface area contributed by atoms with Crippen molar-refractivity contribution < 1.29 is 27.4 Å². The van der Waals surface area contributed by atoms with E-state index in [1.807, 2.05) is 0 Å². The molecule has 0 spiro atoms. The molecule has 0 heterocycles. The van der Waals surface area contributed by atoms with Gasteiger partial charge in [0.1, 0.15) is 0 Å². The average Bonchev–Trinajstić information content (AvgIpc) is 0. The molecule has 7 heteroatoms. The molecular weight excluding hydrogens is 324 g/mol. The summed E-state index contributed by atoms with van der Waals surface area (Å²) < 4.78 is 0. The molecule has 7 heavy (non-hydrogen) atoms. The molecule has 5 nitrogen and oxygen atoms in total. The van der Waals surface area contributed by atoms with Crippen molar-refractivity contribution in [3.8, 4) is 0 Å². The van der Waals surface area contributed by atoms with Gasteiger partial charge in [-0.15, -0.1) is 12.4 Å². The van der Waals surface area contributed by atoms with Crippen molar-refractivity contribution in [2.24, 2.45) is 0 Å². The van der Waals surface area contributed by atoms with Gasteiger partial charge in [-0.05, 0) is 0 Å². The predicted octanol–water partition coefficient (Wildman–Crippen LogP) is -4.89. The molecule has 0 bridgehead atoms. The van der Waals surface area contributed by atoms with E-state index in [0.29, 0.717) is 0 Å². The maximum absolute atomic E-state index is 0. The summed E-state index contributed by atoms with van der Waals surface area (Å²) in [5.41, 5.74) is 0. The third kappa shape index (κ3) is 182. The van der Waals surface area contributed by atoms with Crippen LogP contribution in [0.25, 0.3) is 0 Å². The molecule has 0 aromatic carbocycles. The van der Waals surface area contributed by atoms with E-state index in [1.54, 1.807) is 0 Å². The second kappa shape index (κ2) is 263. The van der Waals surface area contributed by atoms with Crippen LogP contribution in [-0.4, -0.2) is 53.6 Å². The van der Waals surface area contributed by atoms with Crippen LogP contribution in [0.3, 0.4) is 0 Å². The average molecular weight is 339 g/mol. The first-order valence-corrected chi connectivity index (χ1v) is 0. The maximum atomic E-state index is 0. The van der Waals surface area contributed by atoms with Gasteiger partial charge in [-0.2, -0.15) is 0 Å². The standard InChI is InChI=1S/Bi.ClH.5H2O.3H/h;1H;5*1H2;;;. The zero-order valence-electron chi connectivity index (χ0n) is 3.62. The summed E-state index contributed by atoms with van der Waals surface area (Å²) in [4.78, 5) is 0. The molecule has 0 aliphatic rings. The third-order valence-electron chi connectivity index (χ3n) is 0. The zero-order chi connectivity index (χ0) is 0. The van der Waals surface area contributed by atoms with E-state index in [4.69, 9.17) is 0 Å². The van der Waals surface area contributed by atoms with Gasteiger partial charge < -0.3 is 27.4 Å². The third-order valence-corrected chi connectivity index (χ3v) is 0. The van der Waals surface area contributed by atoms with E-state index in [-0.39, 0.29) is 66.0 Å². The zero-order valence-corrected chi connectivity index (χ0v) is 9.93. The van der Waals surface area contributed by atoms with Crippen LogP contribution >= 0.6 is 12.4 Å². The quantitative estimate of drug-likeness (QED) is 0.388. The molecule has 0 atom stereocenters. The Kier molecular flexibility index (Phi) is 15400. The normalized spacial score (nSPS) is 0. The van der Waals surface area contributed by atoms with Crippen LogP contribution in [0.5, 0.6) is 0 Å². The van der Waals surface area contributed by atoms with Gasteiger partial charge in [0.15, 0.2) is 0 Å². The van der Waals surface area contributed by atoms with Crippen molar-refractivity contribution >= 4 is 38.6 Å². The van der Waals surface area contributed by atoms with Crippen LogP contribution in [0.1, 0.15) is 0 Å². The summed E-state index contributed by atoms with van der Waals surface area (Å²) in [6.45, 7) is 0. The van der Waals surface area contributed by atoms with Gasteiger partial charge in [-0.25, -0.2) is 0 Å². The van der Waals surface area contributed by atoms with Crippen molar-refractivity contribution in [2.75, 3.05) is 0 Å². The second-order valence-corrected chi connectivity index (χ2v) is 0. The Morgan fingerprint density at radius 2 is 0.429 bits per heavy atom. The molecule has 0 fully saturated rings. The Hall–Kier alpha value is 0.973. The fraction of sp³-hybridized carbons (Fsp3) is 0. The van der Waals surface area contributed by atoms with Gasteiger partial charge in [0.05, 0.1) is 0 Å². The van der Waals surface area contributed by atoms with Gasteiger partial charge in [0.2, 0.25) is 0 Å². The molecule has 56 valence electrons. The van der Waals surface area contributed by atoms with Crippen LogP contribution in [-0.2, 0) is 0 Å². The summed E-state index contributed by atoms with van der Waals surface area (Å²) in [6, 6.07) is 0. The summed E-state index contributed by atoms with van der Waals surface area (Å²) in [7, 11) is 0. The van der Waals surface area contributed by atoms with Crippen molar-refractivity contribution in [1.29, 1.82) is 0 Å². The Labute approximate surface area is 66.2 Å². The number of rotatable bonds is 0. The van der Waals surface area contributed by atoms with E-state index in [9.17, 15) is 0 Å². The molecule has 0 saturated heterocycles. The molecule has 0 amide bonds. The number of hydrogen-bond acceptors (Lipinski definition) is 0. The van der Waals surface area contributed by atoms with Crippen molar-refractivity contribution in [3.63, 3.8) is 0 Å². The molecule has 0 aliphatic carbocycles. The fourth-order valence-electron chi connectivity index (χ4n) is 0. The summed E-state index contributed by atoms with van der Waals surface area (Å²) >= 11 is 0. The predicted molar refractivity (Wildman–Crippen MR) is 35.3 cm³/mol. The topological polar surface area (TPSA) is 158 Å². The minimum atomic E-state index is 0. The van der Waals surface area contributed by atoms with Crippen molar-refractivity contribution in [3.05, 3.63) is 0 Å². The van der Waals surface area contributed by atoms with E-state index in [2.05, 4.69) is 0 Å². The first kappa shape index (κ1) is 409. The summed E-state index contributed by atoms with van der Waals surface area (Å²) in [6.07, 6.45) is 0. The van der Waals surface area contributed by atoms with Gasteiger partial charge in [-0.1, -0.05) is 0 Å². The Morgan fingerprint density at radius 3 is 0.429 bits per heavy atom. The Morgan fingerprint density at radius 1 is 0.429 bits per heavy atom. The SMILES string of the molecule is Cl.O.O.O.O.O.[BiH3]. The van der Waals surface area contributed by atoms with Crippen LogP contribution in [0.4, 0.5) is 0 Å². The molecule has 0 aromatic heterocycles. The molecule has 0 unspecified atom stereocenters. The van der Waals surface area contributed by atoms with Crippen LogP contribution in [0.2, 0.25) is 0 Å². The van der Waals surface area contributed by atoms with Crippen molar-refractivity contribution in [2.45, 2.75) is 0 Å². The summed E-state index contributed by atoms with van der Waals surface area (Å²) in [5.74, 6) is 0. The summed E-state index contributed by atoms with van der Waals surface area (Å²) in [5, 5.41) is 0. The first-order valence-electron chi connectivity index (χ1n) is 0. The molecule has 0 radical (unpaired) electrons. The Bertz CT molecular complexity index is 8.04. The molecular formula is H14BiClO5. The van der Waals surface area contributed by atoms with Crippen LogP contribution in [0, 0.1) is 0 Å². The van der Waals surface area contributed by atoms with Gasteiger partial charge in [0.25, 0.3) is 0 Å². The van der Waals surface area contributed by atoms with E-state index < -0.39 is 0 Å². The molecule has 0 aliphatic heterocycles. The number of hydrogen-bond donors (Lipinski definition) is 0. The molecule has 10 N–H and O–H groups in total. The monoisotopic (exact) mass is 338 g/mol. The van der Waals surface area contributed by atoms with Crippen molar-refractivity contribution in [1.82, 2.24) is 0 Å². The van der Waals surface area contributed by atoms with Crippen LogP contribution in [0.15, 0.2) is 0 Å². The van der Waals surface area contributed by atoms with E-state index in [1.165, 1.54) is 0 Å². The molecule has 0 saturated carbocycles. The first-order chi connectivity index (χ1) is 0. The number of halogens is 1. The fourth-order valence-corrected chi connectivity index (χ4v) is 0. The second-order valence-electron chi connectivity index (χ2n) is 0. The van der Waals surface area contributed by atoms with E-state index in [0.717, 1.165) is 0 Å². The molecule has 0 rings (SSSR count). The van der Waals surface area contributed by atoms with Crippen LogP contribution < -0.4 is 0 Å². The van der Waals surface area contributed by atoms with Gasteiger partial charge in [-0.3, -0.25) is 0 Å². The molecule has 0 aromatic rings. The van der Waals surface area contributed by atoms with E-state index >= 15 is 0 Å². The Balaban J connectivity index is 0. The van der Waals surface area contributed by atoms with Gasteiger partial charge in [0, 0.05) is 0 Å².